The average Bonchev–Trinajstić information content (AvgIpc) is 3.58. The molecule has 1 aliphatic heterocycles. The number of methoxy groups -OCH3 is 1. The average molecular weight is 534 g/mol. The highest BCUT2D eigenvalue weighted by Crippen LogP contribution is 2.38. The maximum absolute atomic E-state index is 14.5. The molecule has 10 nitrogen and oxygen atoms in total. The van der Waals surface area contributed by atoms with E-state index in [1.807, 2.05) is 11.5 Å². The molecule has 0 radical (unpaired) electrons. The molecule has 1 atom stereocenters. The number of amides is 1. The first kappa shape index (κ1) is 25.8. The van der Waals surface area contributed by atoms with Gasteiger partial charge in [0.1, 0.15) is 29.5 Å². The molecule has 0 aliphatic carbocycles. The highest BCUT2D eigenvalue weighted by molar-refractivity contribution is 6.01. The highest BCUT2D eigenvalue weighted by atomic mass is 19.1. The Kier molecular flexibility index (Phi) is 7.19. The first-order valence-electron chi connectivity index (χ1n) is 12.0. The minimum atomic E-state index is -0.657. The van der Waals surface area contributed by atoms with Gasteiger partial charge in [-0.2, -0.15) is 0 Å². The predicted molar refractivity (Wildman–Crippen MR) is 141 cm³/mol. The fourth-order valence-corrected chi connectivity index (χ4v) is 4.36. The van der Waals surface area contributed by atoms with E-state index in [0.29, 0.717) is 53.0 Å². The lowest BCUT2D eigenvalue weighted by Crippen LogP contribution is -2.23. The topological polar surface area (TPSA) is 106 Å². The summed E-state index contributed by atoms with van der Waals surface area (Å²) < 4.78 is 35.4. The van der Waals surface area contributed by atoms with Crippen LogP contribution < -0.4 is 20.4 Å². The molecule has 0 saturated carbocycles. The molecule has 2 aromatic carbocycles. The number of carbonyl (C=O) groups excluding carboxylic acids is 1. The number of nitrogens with zero attached hydrogens (tertiary/aromatic N) is 5. The number of imidazole rings is 1. The van der Waals surface area contributed by atoms with Crippen molar-refractivity contribution in [3.05, 3.63) is 90.8 Å². The number of halogens is 2. The lowest BCUT2D eigenvalue weighted by Gasteiger charge is -2.24. The van der Waals surface area contributed by atoms with Gasteiger partial charge < -0.3 is 19.9 Å². The second-order valence-electron chi connectivity index (χ2n) is 8.68. The number of aromatic nitrogens is 4. The van der Waals surface area contributed by atoms with Crippen LogP contribution >= 0.6 is 0 Å². The van der Waals surface area contributed by atoms with Gasteiger partial charge in [-0.1, -0.05) is 12.6 Å². The summed E-state index contributed by atoms with van der Waals surface area (Å²) in [6.07, 6.45) is 6.34. The van der Waals surface area contributed by atoms with Crippen molar-refractivity contribution in [1.29, 1.82) is 0 Å². The monoisotopic (exact) mass is 533 g/mol. The summed E-state index contributed by atoms with van der Waals surface area (Å²) in [7, 11) is 1.53. The third-order valence-corrected chi connectivity index (χ3v) is 6.21. The number of hydrogen-bond acceptors (Lipinski definition) is 8. The van der Waals surface area contributed by atoms with Crippen molar-refractivity contribution in [1.82, 2.24) is 19.5 Å². The summed E-state index contributed by atoms with van der Waals surface area (Å²) >= 11 is 0. The van der Waals surface area contributed by atoms with Crippen LogP contribution in [0.5, 0.6) is 5.75 Å². The largest absolute Gasteiger partial charge is 0.494 e. The minimum absolute atomic E-state index is 0.302. The lowest BCUT2D eigenvalue weighted by atomic mass is 10.0. The molecular weight excluding hydrogens is 508 g/mol. The van der Waals surface area contributed by atoms with E-state index in [9.17, 15) is 13.6 Å². The zero-order valence-corrected chi connectivity index (χ0v) is 21.2. The van der Waals surface area contributed by atoms with Gasteiger partial charge in [0, 0.05) is 42.1 Å². The van der Waals surface area contributed by atoms with Crippen LogP contribution in [0.4, 0.5) is 31.8 Å². The molecule has 39 heavy (non-hydrogen) atoms. The van der Waals surface area contributed by atoms with E-state index in [0.717, 1.165) is 11.8 Å². The molecule has 2 N–H and O–H groups in total. The van der Waals surface area contributed by atoms with E-state index in [2.05, 4.69) is 32.2 Å². The smallest absolute Gasteiger partial charge is 0.247 e. The predicted octanol–water partition coefficient (Wildman–Crippen LogP) is 5.01. The minimum Gasteiger partial charge on any atom is -0.494 e. The number of aryl methyl sites for hydroxylation is 1. The van der Waals surface area contributed by atoms with Crippen molar-refractivity contribution in [2.45, 2.75) is 19.4 Å². The Morgan fingerprint density at radius 3 is 2.77 bits per heavy atom. The second-order valence-corrected chi connectivity index (χ2v) is 8.68. The third-order valence-electron chi connectivity index (χ3n) is 6.21. The SMILES string of the molecule is C=CC(=O)Nc1cc(Nc2cc(N3OCC[C@@H]3c3ccc(F)cc3F)ncn2)c(OC)cc1-n1cncc1C. The van der Waals surface area contributed by atoms with Gasteiger partial charge in [-0.3, -0.25) is 9.63 Å². The maximum Gasteiger partial charge on any atom is 0.247 e. The molecule has 3 heterocycles. The van der Waals surface area contributed by atoms with Crippen molar-refractivity contribution in [2.24, 2.45) is 0 Å². The number of anilines is 4. The molecule has 2 aromatic heterocycles. The molecule has 200 valence electrons. The molecule has 0 bridgehead atoms. The lowest BCUT2D eigenvalue weighted by molar-refractivity contribution is -0.111. The molecule has 4 aromatic rings. The van der Waals surface area contributed by atoms with Gasteiger partial charge in [0.25, 0.3) is 0 Å². The Hall–Kier alpha value is -4.84. The van der Waals surface area contributed by atoms with Crippen molar-refractivity contribution >= 4 is 28.9 Å². The fraction of sp³-hybridized carbons (Fsp3) is 0.185. The Bertz CT molecular complexity index is 1540. The van der Waals surface area contributed by atoms with Crippen LogP contribution in [0.3, 0.4) is 0 Å². The van der Waals surface area contributed by atoms with Crippen LogP contribution in [0.1, 0.15) is 23.7 Å². The zero-order chi connectivity index (χ0) is 27.5. The van der Waals surface area contributed by atoms with Gasteiger partial charge in [-0.15, -0.1) is 0 Å². The summed E-state index contributed by atoms with van der Waals surface area (Å²) in [5.41, 5.74) is 2.78. The number of hydroxylamine groups is 1. The maximum atomic E-state index is 14.5. The zero-order valence-electron chi connectivity index (χ0n) is 21.2. The van der Waals surface area contributed by atoms with Crippen molar-refractivity contribution < 1.29 is 23.1 Å². The van der Waals surface area contributed by atoms with Crippen LogP contribution in [0.25, 0.3) is 5.69 Å². The van der Waals surface area contributed by atoms with Gasteiger partial charge in [0.2, 0.25) is 5.91 Å². The second kappa shape index (κ2) is 10.9. The Morgan fingerprint density at radius 2 is 2.05 bits per heavy atom. The number of ether oxygens (including phenoxy) is 1. The van der Waals surface area contributed by atoms with Crippen LogP contribution in [0.2, 0.25) is 0 Å². The van der Waals surface area contributed by atoms with E-state index in [1.165, 1.54) is 36.7 Å². The quantitative estimate of drug-likeness (QED) is 0.305. The normalized spacial score (nSPS) is 14.8. The standard InChI is InChI=1S/C27H25F2N7O3/c1-4-27(37)34-20-10-21(24(38-3)11-23(20)35-15-30-13-16(35)2)33-25-12-26(32-14-31-25)36-22(7-8-39-36)18-6-5-17(28)9-19(18)29/h4-6,9-15,22H,1,7-8H2,2-3H3,(H,34,37)(H,31,32,33)/t22-/m1/s1. The van der Waals surface area contributed by atoms with Gasteiger partial charge >= 0.3 is 0 Å². The van der Waals surface area contributed by atoms with E-state index in [4.69, 9.17) is 9.57 Å². The molecule has 0 spiro atoms. The Labute approximate surface area is 222 Å². The van der Waals surface area contributed by atoms with Gasteiger partial charge in [-0.25, -0.2) is 28.8 Å². The van der Waals surface area contributed by atoms with Crippen molar-refractivity contribution in [3.63, 3.8) is 0 Å². The summed E-state index contributed by atoms with van der Waals surface area (Å²) in [5.74, 6) is -0.460. The Balaban J connectivity index is 1.48. The summed E-state index contributed by atoms with van der Waals surface area (Å²) in [4.78, 5) is 30.7. The van der Waals surface area contributed by atoms with Gasteiger partial charge in [-0.05, 0) is 25.1 Å². The van der Waals surface area contributed by atoms with E-state index < -0.39 is 17.7 Å². The van der Waals surface area contributed by atoms with Crippen LogP contribution in [0.15, 0.2) is 67.9 Å². The molecule has 5 rings (SSSR count). The number of nitrogens with one attached hydrogen (secondary N) is 2. The fourth-order valence-electron chi connectivity index (χ4n) is 4.36. The van der Waals surface area contributed by atoms with E-state index >= 15 is 0 Å². The third kappa shape index (κ3) is 5.27. The Morgan fingerprint density at radius 1 is 1.21 bits per heavy atom. The number of hydrogen-bond donors (Lipinski definition) is 2. The van der Waals surface area contributed by atoms with Gasteiger partial charge in [0.05, 0.1) is 43.1 Å². The van der Waals surface area contributed by atoms with E-state index in [-0.39, 0.29) is 5.91 Å². The molecule has 1 aliphatic rings. The van der Waals surface area contributed by atoms with E-state index in [1.54, 1.807) is 30.7 Å². The van der Waals surface area contributed by atoms with Crippen LogP contribution in [0, 0.1) is 18.6 Å². The number of carbonyl (C=O) groups is 1. The highest BCUT2D eigenvalue weighted by Gasteiger charge is 2.31. The summed E-state index contributed by atoms with van der Waals surface area (Å²) in [5, 5.41) is 7.50. The molecule has 1 saturated heterocycles. The van der Waals surface area contributed by atoms with Crippen molar-refractivity contribution in [3.8, 4) is 11.4 Å². The van der Waals surface area contributed by atoms with Crippen LogP contribution in [-0.4, -0.2) is 39.1 Å². The molecular formula is C27H25F2N7O3. The first-order chi connectivity index (χ1) is 18.9. The van der Waals surface area contributed by atoms with Crippen molar-refractivity contribution in [2.75, 3.05) is 29.4 Å². The van der Waals surface area contributed by atoms with Crippen LogP contribution in [-0.2, 0) is 9.63 Å². The molecule has 1 amide bonds. The summed E-state index contributed by atoms with van der Waals surface area (Å²) in [6, 6.07) is 8.07. The molecule has 12 heteroatoms. The summed E-state index contributed by atoms with van der Waals surface area (Å²) in [6.45, 7) is 5.75. The van der Waals surface area contributed by atoms with Gasteiger partial charge in [0.15, 0.2) is 5.82 Å². The first-order valence-corrected chi connectivity index (χ1v) is 12.0. The number of benzene rings is 2. The molecule has 0 unspecified atom stereocenters. The number of rotatable bonds is 8. The molecule has 1 fully saturated rings.